The van der Waals surface area contributed by atoms with Gasteiger partial charge in [-0.1, -0.05) is 29.8 Å². The van der Waals surface area contributed by atoms with E-state index < -0.39 is 16.1 Å². The van der Waals surface area contributed by atoms with Gasteiger partial charge in [-0.15, -0.1) is 0 Å². The Morgan fingerprint density at radius 3 is 2.14 bits per heavy atom. The molecule has 2 atom stereocenters. The molecular weight excluding hydrogens is 376 g/mol. The Bertz CT molecular complexity index is 893. The molecule has 1 amide bonds. The number of hydrogen-bond acceptors (Lipinski definition) is 4. The molecular formula is C21H28N2O4S. The topological polar surface area (TPSA) is 75.7 Å². The molecule has 0 saturated carbocycles. The van der Waals surface area contributed by atoms with Crippen LogP contribution in [0.2, 0.25) is 0 Å². The molecule has 0 aliphatic carbocycles. The number of nitrogens with zero attached hydrogens (tertiary/aromatic N) is 1. The number of ether oxygens (including phenoxy) is 1. The van der Waals surface area contributed by atoms with Gasteiger partial charge in [0.25, 0.3) is 0 Å². The van der Waals surface area contributed by atoms with E-state index in [2.05, 4.69) is 5.32 Å². The minimum atomic E-state index is -3.66. The Labute approximate surface area is 167 Å². The number of rotatable bonds is 8. The van der Waals surface area contributed by atoms with Gasteiger partial charge in [0.15, 0.2) is 0 Å². The maximum absolute atomic E-state index is 12.8. The van der Waals surface area contributed by atoms with Crippen molar-refractivity contribution in [3.05, 3.63) is 59.7 Å². The molecule has 28 heavy (non-hydrogen) atoms. The average molecular weight is 405 g/mol. The lowest BCUT2D eigenvalue weighted by atomic mass is 10.1. The maximum atomic E-state index is 12.8. The Kier molecular flexibility index (Phi) is 7.07. The first-order valence-corrected chi connectivity index (χ1v) is 11.1. The molecule has 2 aromatic rings. The Balaban J connectivity index is 2.21. The van der Waals surface area contributed by atoms with Gasteiger partial charge < -0.3 is 10.1 Å². The number of sulfonamides is 1. The number of carbonyl (C=O) groups is 1. The number of anilines is 1. The second kappa shape index (κ2) is 9.10. The van der Waals surface area contributed by atoms with Crippen molar-refractivity contribution >= 4 is 21.6 Å². The van der Waals surface area contributed by atoms with Gasteiger partial charge in [-0.2, -0.15) is 0 Å². The first-order valence-electron chi connectivity index (χ1n) is 9.22. The number of benzene rings is 2. The summed E-state index contributed by atoms with van der Waals surface area (Å²) >= 11 is 0. The van der Waals surface area contributed by atoms with Crippen molar-refractivity contribution in [1.29, 1.82) is 0 Å². The van der Waals surface area contributed by atoms with E-state index in [0.717, 1.165) is 21.7 Å². The zero-order valence-corrected chi connectivity index (χ0v) is 17.8. The third-order valence-electron chi connectivity index (χ3n) is 4.43. The van der Waals surface area contributed by atoms with Crippen molar-refractivity contribution < 1.29 is 17.9 Å². The maximum Gasteiger partial charge on any atom is 0.244 e. The van der Waals surface area contributed by atoms with Crippen LogP contribution in [0, 0.1) is 6.92 Å². The standard InChI is InChI=1S/C21H28N2O4S/c1-6-27-20-13-11-19(12-14-20)23(28(5,25)26)17(4)21(24)22-16(3)18-9-7-15(2)8-10-18/h7-14,16-17H,6H2,1-5H3,(H,22,24)/t16-,17+/m1/s1. The summed E-state index contributed by atoms with van der Waals surface area (Å²) in [7, 11) is -3.66. The summed E-state index contributed by atoms with van der Waals surface area (Å²) in [5.41, 5.74) is 2.50. The van der Waals surface area contributed by atoms with Crippen LogP contribution in [0.25, 0.3) is 0 Å². The van der Waals surface area contributed by atoms with Gasteiger partial charge in [0, 0.05) is 0 Å². The highest BCUT2D eigenvalue weighted by Gasteiger charge is 2.29. The quantitative estimate of drug-likeness (QED) is 0.731. The van der Waals surface area contributed by atoms with Crippen LogP contribution in [0.3, 0.4) is 0 Å². The van der Waals surface area contributed by atoms with Crippen LogP contribution in [0.5, 0.6) is 5.75 Å². The molecule has 2 rings (SSSR count). The number of amides is 1. The molecule has 0 radical (unpaired) electrons. The van der Waals surface area contributed by atoms with Crippen molar-refractivity contribution in [3.8, 4) is 5.75 Å². The van der Waals surface area contributed by atoms with E-state index in [-0.39, 0.29) is 11.9 Å². The molecule has 0 aliphatic heterocycles. The summed E-state index contributed by atoms with van der Waals surface area (Å²) in [4.78, 5) is 12.8. The van der Waals surface area contributed by atoms with Crippen molar-refractivity contribution in [3.63, 3.8) is 0 Å². The van der Waals surface area contributed by atoms with E-state index in [4.69, 9.17) is 4.74 Å². The van der Waals surface area contributed by atoms with Crippen LogP contribution in [-0.4, -0.2) is 33.2 Å². The third-order valence-corrected chi connectivity index (χ3v) is 5.67. The van der Waals surface area contributed by atoms with Crippen LogP contribution < -0.4 is 14.4 Å². The molecule has 0 fully saturated rings. The SMILES string of the molecule is CCOc1ccc(N([C@@H](C)C(=O)N[C@H](C)c2ccc(C)cc2)S(C)(=O)=O)cc1. The predicted molar refractivity (Wildman–Crippen MR) is 112 cm³/mol. The highest BCUT2D eigenvalue weighted by Crippen LogP contribution is 2.24. The average Bonchev–Trinajstić information content (AvgIpc) is 2.62. The van der Waals surface area contributed by atoms with Crippen LogP contribution in [0.4, 0.5) is 5.69 Å². The molecule has 0 heterocycles. The second-order valence-corrected chi connectivity index (χ2v) is 8.66. The summed E-state index contributed by atoms with van der Waals surface area (Å²) in [6, 6.07) is 13.4. The smallest absolute Gasteiger partial charge is 0.244 e. The van der Waals surface area contributed by atoms with E-state index in [1.54, 1.807) is 31.2 Å². The fourth-order valence-electron chi connectivity index (χ4n) is 2.94. The van der Waals surface area contributed by atoms with E-state index in [1.807, 2.05) is 45.0 Å². The van der Waals surface area contributed by atoms with Crippen molar-refractivity contribution in [2.24, 2.45) is 0 Å². The molecule has 152 valence electrons. The van der Waals surface area contributed by atoms with E-state index >= 15 is 0 Å². The first kappa shape index (κ1) is 21.8. The fourth-order valence-corrected chi connectivity index (χ4v) is 4.11. The lowest BCUT2D eigenvalue weighted by Crippen LogP contribution is -2.48. The molecule has 0 aliphatic rings. The molecule has 0 saturated heterocycles. The van der Waals surface area contributed by atoms with Crippen LogP contribution in [-0.2, 0) is 14.8 Å². The molecule has 7 heteroatoms. The molecule has 0 bridgehead atoms. The summed E-state index contributed by atoms with van der Waals surface area (Å²) < 4.78 is 31.3. The van der Waals surface area contributed by atoms with E-state index in [1.165, 1.54) is 0 Å². The fraction of sp³-hybridized carbons (Fsp3) is 0.381. The monoisotopic (exact) mass is 404 g/mol. The number of carbonyl (C=O) groups excluding carboxylic acids is 1. The molecule has 6 nitrogen and oxygen atoms in total. The van der Waals surface area contributed by atoms with Gasteiger partial charge >= 0.3 is 0 Å². The van der Waals surface area contributed by atoms with E-state index in [0.29, 0.717) is 18.0 Å². The first-order chi connectivity index (χ1) is 13.1. The highest BCUT2D eigenvalue weighted by molar-refractivity contribution is 7.92. The zero-order chi connectivity index (χ0) is 20.9. The van der Waals surface area contributed by atoms with Crippen molar-refractivity contribution in [2.75, 3.05) is 17.2 Å². The number of aryl methyl sites for hydroxylation is 1. The van der Waals surface area contributed by atoms with Gasteiger partial charge in [-0.3, -0.25) is 9.10 Å². The Hall–Kier alpha value is -2.54. The summed E-state index contributed by atoms with van der Waals surface area (Å²) in [6.07, 6.45) is 1.09. The lowest BCUT2D eigenvalue weighted by Gasteiger charge is -2.29. The molecule has 0 aromatic heterocycles. The molecule has 0 spiro atoms. The lowest BCUT2D eigenvalue weighted by molar-refractivity contribution is -0.122. The second-order valence-electron chi connectivity index (χ2n) is 6.80. The molecule has 2 aromatic carbocycles. The number of hydrogen-bond donors (Lipinski definition) is 1. The van der Waals surface area contributed by atoms with Gasteiger partial charge in [0.05, 0.1) is 24.6 Å². The molecule has 1 N–H and O–H groups in total. The summed E-state index contributed by atoms with van der Waals surface area (Å²) in [6.45, 7) is 7.84. The predicted octanol–water partition coefficient (Wildman–Crippen LogP) is 3.43. The Morgan fingerprint density at radius 1 is 1.07 bits per heavy atom. The van der Waals surface area contributed by atoms with Gasteiger partial charge in [0.1, 0.15) is 11.8 Å². The van der Waals surface area contributed by atoms with E-state index in [9.17, 15) is 13.2 Å². The van der Waals surface area contributed by atoms with Crippen LogP contribution in [0.1, 0.15) is 37.9 Å². The van der Waals surface area contributed by atoms with Crippen molar-refractivity contribution in [2.45, 2.75) is 39.8 Å². The zero-order valence-electron chi connectivity index (χ0n) is 17.0. The largest absolute Gasteiger partial charge is 0.494 e. The minimum absolute atomic E-state index is 0.239. The number of nitrogens with one attached hydrogen (secondary N) is 1. The van der Waals surface area contributed by atoms with Crippen molar-refractivity contribution in [1.82, 2.24) is 5.32 Å². The normalized spacial score (nSPS) is 13.5. The Morgan fingerprint density at radius 2 is 1.64 bits per heavy atom. The summed E-state index contributed by atoms with van der Waals surface area (Å²) in [5, 5.41) is 2.90. The van der Waals surface area contributed by atoms with Gasteiger partial charge in [0.2, 0.25) is 15.9 Å². The molecule has 0 unspecified atom stereocenters. The van der Waals surface area contributed by atoms with Crippen LogP contribution in [0.15, 0.2) is 48.5 Å². The summed E-state index contributed by atoms with van der Waals surface area (Å²) in [5.74, 6) is 0.275. The highest BCUT2D eigenvalue weighted by atomic mass is 32.2. The van der Waals surface area contributed by atoms with Gasteiger partial charge in [-0.05, 0) is 57.5 Å². The van der Waals surface area contributed by atoms with Gasteiger partial charge in [-0.25, -0.2) is 8.42 Å². The van der Waals surface area contributed by atoms with Crippen LogP contribution >= 0.6 is 0 Å². The minimum Gasteiger partial charge on any atom is -0.494 e. The third kappa shape index (κ3) is 5.48.